The van der Waals surface area contributed by atoms with E-state index in [1.54, 1.807) is 60.7 Å². The molecule has 0 bridgehead atoms. The summed E-state index contributed by atoms with van der Waals surface area (Å²) in [6, 6.07) is 22.9. The lowest BCUT2D eigenvalue weighted by Crippen LogP contribution is -2.39. The average molecular weight is 410 g/mol. The van der Waals surface area contributed by atoms with Crippen LogP contribution in [0.2, 0.25) is 0 Å². The number of benzene rings is 3. The van der Waals surface area contributed by atoms with Crippen molar-refractivity contribution in [2.75, 3.05) is 0 Å². The molecule has 6 heteroatoms. The number of hydrogen-bond donors (Lipinski definition) is 0. The number of furan rings is 1. The molecule has 0 fully saturated rings. The predicted octanol–water partition coefficient (Wildman–Crippen LogP) is 4.09. The molecule has 0 aliphatic rings. The fraction of sp³-hybridized carbons (Fsp3) is 0.0800. The van der Waals surface area contributed by atoms with E-state index in [0.717, 1.165) is 10.1 Å². The van der Waals surface area contributed by atoms with Gasteiger partial charge in [0.2, 0.25) is 5.58 Å². The summed E-state index contributed by atoms with van der Waals surface area (Å²) in [4.78, 5) is 39.8. The molecule has 2 aromatic heterocycles. The number of fused-ring (bicyclic) bond motifs is 3. The van der Waals surface area contributed by atoms with Gasteiger partial charge in [-0.15, -0.1) is 0 Å². The van der Waals surface area contributed by atoms with Crippen molar-refractivity contribution in [2.24, 2.45) is 0 Å². The first-order valence-electron chi connectivity index (χ1n) is 9.87. The van der Waals surface area contributed by atoms with Crippen LogP contribution >= 0.6 is 0 Å². The maximum Gasteiger partial charge on any atom is 0.336 e. The Balaban J connectivity index is 1.83. The zero-order valence-electron chi connectivity index (χ0n) is 16.7. The summed E-state index contributed by atoms with van der Waals surface area (Å²) in [5.74, 6) is -0.233. The first-order chi connectivity index (χ1) is 15.0. The maximum absolute atomic E-state index is 13.5. The highest BCUT2D eigenvalue weighted by molar-refractivity contribution is 6.03. The van der Waals surface area contributed by atoms with Gasteiger partial charge in [-0.25, -0.2) is 9.36 Å². The van der Waals surface area contributed by atoms with Crippen molar-refractivity contribution in [3.05, 3.63) is 111 Å². The smallest absolute Gasteiger partial charge is 0.336 e. The molecule has 0 unspecified atom stereocenters. The third-order valence-electron chi connectivity index (χ3n) is 5.35. The molecule has 31 heavy (non-hydrogen) atoms. The van der Waals surface area contributed by atoms with Crippen molar-refractivity contribution >= 4 is 27.9 Å². The Hall–Kier alpha value is -4.19. The molecule has 3 aromatic carbocycles. The van der Waals surface area contributed by atoms with Gasteiger partial charge in [0.25, 0.3) is 0 Å². The Morgan fingerprint density at radius 1 is 0.871 bits per heavy atom. The van der Waals surface area contributed by atoms with Crippen LogP contribution in [0, 0.1) is 6.92 Å². The molecular formula is C25H18N2O4. The van der Waals surface area contributed by atoms with E-state index < -0.39 is 11.2 Å². The number of aryl methyl sites for hydroxylation is 1. The largest absolute Gasteiger partial charge is 0.449 e. The minimum Gasteiger partial charge on any atom is -0.449 e. The molecule has 0 saturated heterocycles. The van der Waals surface area contributed by atoms with Gasteiger partial charge in [0, 0.05) is 10.9 Å². The van der Waals surface area contributed by atoms with Gasteiger partial charge in [-0.3, -0.25) is 14.2 Å². The number of aromatic nitrogens is 2. The third kappa shape index (κ3) is 3.09. The molecule has 2 heterocycles. The fourth-order valence-corrected chi connectivity index (χ4v) is 3.78. The number of Topliss-reactive ketones (excluding diaryl/α,β-unsaturated/α-hetero) is 1. The average Bonchev–Trinajstić information content (AvgIpc) is 3.18. The minimum absolute atomic E-state index is 0.0437. The molecule has 5 rings (SSSR count). The first kappa shape index (κ1) is 18.8. The standard InChI is InChI=1S/C25H18N2O4/c1-16-11-13-18(14-12-16)27-24(29)23-22(19-9-5-6-10-21(19)31-23)26(25(27)30)15-20(28)17-7-3-2-4-8-17/h2-14H,15H2,1H3. The molecule has 0 aliphatic carbocycles. The Morgan fingerprint density at radius 3 is 2.29 bits per heavy atom. The topological polar surface area (TPSA) is 74.2 Å². The van der Waals surface area contributed by atoms with Crippen LogP contribution < -0.4 is 11.2 Å². The Bertz CT molecular complexity index is 1560. The zero-order valence-corrected chi connectivity index (χ0v) is 16.7. The molecule has 0 amide bonds. The van der Waals surface area contributed by atoms with E-state index in [1.807, 2.05) is 25.1 Å². The van der Waals surface area contributed by atoms with E-state index in [2.05, 4.69) is 0 Å². The van der Waals surface area contributed by atoms with Crippen LogP contribution in [0.15, 0.2) is 92.9 Å². The van der Waals surface area contributed by atoms with E-state index >= 15 is 0 Å². The second-order valence-electron chi connectivity index (χ2n) is 7.41. The van der Waals surface area contributed by atoms with Gasteiger partial charge >= 0.3 is 11.2 Å². The second-order valence-corrected chi connectivity index (χ2v) is 7.41. The Kier molecular flexibility index (Phi) is 4.40. The van der Waals surface area contributed by atoms with Gasteiger partial charge in [-0.1, -0.05) is 60.2 Å². The lowest BCUT2D eigenvalue weighted by atomic mass is 10.1. The summed E-state index contributed by atoms with van der Waals surface area (Å²) >= 11 is 0. The summed E-state index contributed by atoms with van der Waals surface area (Å²) in [5.41, 5.74) is 1.63. The molecule has 0 aliphatic heterocycles. The van der Waals surface area contributed by atoms with Crippen LogP contribution in [0.5, 0.6) is 0 Å². The third-order valence-corrected chi connectivity index (χ3v) is 5.35. The van der Waals surface area contributed by atoms with Gasteiger partial charge in [0.05, 0.1) is 12.2 Å². The van der Waals surface area contributed by atoms with E-state index in [-0.39, 0.29) is 17.9 Å². The number of rotatable bonds is 4. The quantitative estimate of drug-likeness (QED) is 0.418. The number of ketones is 1. The highest BCUT2D eigenvalue weighted by atomic mass is 16.3. The van der Waals surface area contributed by atoms with E-state index in [9.17, 15) is 14.4 Å². The van der Waals surface area contributed by atoms with Crippen molar-refractivity contribution in [1.29, 1.82) is 0 Å². The van der Waals surface area contributed by atoms with Crippen molar-refractivity contribution in [1.82, 2.24) is 9.13 Å². The van der Waals surface area contributed by atoms with Gasteiger partial charge in [0.15, 0.2) is 5.78 Å². The number of para-hydroxylation sites is 1. The molecule has 5 aromatic rings. The van der Waals surface area contributed by atoms with Gasteiger partial charge < -0.3 is 4.42 Å². The number of hydrogen-bond acceptors (Lipinski definition) is 4. The van der Waals surface area contributed by atoms with Crippen LogP contribution in [0.4, 0.5) is 0 Å². The van der Waals surface area contributed by atoms with Crippen LogP contribution in [0.25, 0.3) is 27.8 Å². The van der Waals surface area contributed by atoms with Crippen LogP contribution in [-0.4, -0.2) is 14.9 Å². The van der Waals surface area contributed by atoms with Gasteiger partial charge in [0.1, 0.15) is 11.1 Å². The lowest BCUT2D eigenvalue weighted by Gasteiger charge is -2.12. The minimum atomic E-state index is -0.586. The molecule has 0 N–H and O–H groups in total. The van der Waals surface area contributed by atoms with Crippen molar-refractivity contribution in [3.8, 4) is 5.69 Å². The summed E-state index contributed by atoms with van der Waals surface area (Å²) < 4.78 is 8.24. The van der Waals surface area contributed by atoms with Crippen LogP contribution in [-0.2, 0) is 6.54 Å². The Morgan fingerprint density at radius 2 is 1.55 bits per heavy atom. The highest BCUT2D eigenvalue weighted by Crippen LogP contribution is 2.26. The summed E-state index contributed by atoms with van der Waals surface area (Å²) in [6.45, 7) is 1.71. The van der Waals surface area contributed by atoms with Crippen LogP contribution in [0.1, 0.15) is 15.9 Å². The number of carbonyl (C=O) groups is 1. The maximum atomic E-state index is 13.5. The summed E-state index contributed by atoms with van der Waals surface area (Å²) in [6.07, 6.45) is 0. The second kappa shape index (κ2) is 7.25. The van der Waals surface area contributed by atoms with E-state index in [0.29, 0.717) is 27.7 Å². The highest BCUT2D eigenvalue weighted by Gasteiger charge is 2.22. The van der Waals surface area contributed by atoms with E-state index in [1.165, 1.54) is 4.57 Å². The number of nitrogens with zero attached hydrogens (tertiary/aromatic N) is 2. The van der Waals surface area contributed by atoms with Gasteiger partial charge in [-0.05, 0) is 31.2 Å². The zero-order chi connectivity index (χ0) is 21.5. The molecule has 0 atom stereocenters. The molecule has 0 spiro atoms. The molecular weight excluding hydrogens is 392 g/mol. The number of carbonyl (C=O) groups excluding carboxylic acids is 1. The molecule has 6 nitrogen and oxygen atoms in total. The Labute approximate surface area is 176 Å². The van der Waals surface area contributed by atoms with Gasteiger partial charge in [-0.2, -0.15) is 0 Å². The molecule has 0 saturated carbocycles. The van der Waals surface area contributed by atoms with Crippen molar-refractivity contribution in [3.63, 3.8) is 0 Å². The predicted molar refractivity (Wildman–Crippen MR) is 119 cm³/mol. The first-order valence-corrected chi connectivity index (χ1v) is 9.87. The monoisotopic (exact) mass is 410 g/mol. The lowest BCUT2D eigenvalue weighted by molar-refractivity contribution is 0.0971. The fourth-order valence-electron chi connectivity index (χ4n) is 3.78. The van der Waals surface area contributed by atoms with Crippen molar-refractivity contribution < 1.29 is 9.21 Å². The van der Waals surface area contributed by atoms with Crippen molar-refractivity contribution in [2.45, 2.75) is 13.5 Å². The molecule has 152 valence electrons. The molecule has 0 radical (unpaired) electrons. The SMILES string of the molecule is Cc1ccc(-n2c(=O)c3oc4ccccc4c3n(CC(=O)c3ccccc3)c2=O)cc1. The van der Waals surface area contributed by atoms with E-state index in [4.69, 9.17) is 4.42 Å². The normalized spacial score (nSPS) is 11.3. The van der Waals surface area contributed by atoms with Crippen LogP contribution in [0.3, 0.4) is 0 Å². The summed E-state index contributed by atoms with van der Waals surface area (Å²) in [7, 11) is 0. The summed E-state index contributed by atoms with van der Waals surface area (Å²) in [5, 5.41) is 0.614.